The summed E-state index contributed by atoms with van der Waals surface area (Å²) in [5.41, 5.74) is 0.406. The summed E-state index contributed by atoms with van der Waals surface area (Å²) in [6.45, 7) is 5.39. The van der Waals surface area contributed by atoms with Crippen LogP contribution in [0.5, 0.6) is 5.75 Å². The van der Waals surface area contributed by atoms with Crippen molar-refractivity contribution in [3.05, 3.63) is 29.6 Å². The Morgan fingerprint density at radius 1 is 1.45 bits per heavy atom. The third-order valence-corrected chi connectivity index (χ3v) is 3.34. The molecule has 0 spiro atoms. The standard InChI is InChI=1S/C14H20FN3O2/c1-20-13-10-11(2-3-12(13)15)14(19)17-6-9-18-7-4-16-5-8-18/h2-3,10,16H,4-9H2,1H3,(H,17,19). The number of benzene rings is 1. The van der Waals surface area contributed by atoms with Crippen LogP contribution in [0.15, 0.2) is 18.2 Å². The number of hydrogen-bond donors (Lipinski definition) is 2. The highest BCUT2D eigenvalue weighted by molar-refractivity contribution is 5.94. The Labute approximate surface area is 118 Å². The number of ether oxygens (including phenoxy) is 1. The van der Waals surface area contributed by atoms with E-state index in [1.54, 1.807) is 0 Å². The SMILES string of the molecule is COc1cc(C(=O)NCCN2CCNCC2)ccc1F. The first-order valence-electron chi connectivity index (χ1n) is 6.75. The summed E-state index contributed by atoms with van der Waals surface area (Å²) >= 11 is 0. The molecule has 1 aromatic rings. The fraction of sp³-hybridized carbons (Fsp3) is 0.500. The van der Waals surface area contributed by atoms with E-state index in [0.29, 0.717) is 12.1 Å². The Morgan fingerprint density at radius 2 is 2.20 bits per heavy atom. The van der Waals surface area contributed by atoms with Crippen LogP contribution < -0.4 is 15.4 Å². The first kappa shape index (κ1) is 14.7. The van der Waals surface area contributed by atoms with Gasteiger partial charge in [0, 0.05) is 44.8 Å². The minimum atomic E-state index is -0.468. The van der Waals surface area contributed by atoms with E-state index in [-0.39, 0.29) is 11.7 Å². The average Bonchev–Trinajstić information content (AvgIpc) is 2.48. The van der Waals surface area contributed by atoms with Crippen LogP contribution >= 0.6 is 0 Å². The summed E-state index contributed by atoms with van der Waals surface area (Å²) in [5, 5.41) is 6.12. The van der Waals surface area contributed by atoms with Crippen molar-refractivity contribution in [1.29, 1.82) is 0 Å². The van der Waals surface area contributed by atoms with Gasteiger partial charge in [-0.25, -0.2) is 4.39 Å². The fourth-order valence-corrected chi connectivity index (χ4v) is 2.17. The van der Waals surface area contributed by atoms with Crippen molar-refractivity contribution < 1.29 is 13.9 Å². The molecule has 0 aliphatic carbocycles. The van der Waals surface area contributed by atoms with Gasteiger partial charge in [-0.3, -0.25) is 9.69 Å². The van der Waals surface area contributed by atoms with Crippen molar-refractivity contribution in [2.75, 3.05) is 46.4 Å². The van der Waals surface area contributed by atoms with Crippen LogP contribution in [-0.4, -0.2) is 57.2 Å². The number of methoxy groups -OCH3 is 1. The highest BCUT2D eigenvalue weighted by Crippen LogP contribution is 2.17. The van der Waals surface area contributed by atoms with Crippen LogP contribution in [-0.2, 0) is 0 Å². The van der Waals surface area contributed by atoms with E-state index in [1.165, 1.54) is 25.3 Å². The molecular weight excluding hydrogens is 261 g/mol. The molecule has 1 aromatic carbocycles. The topological polar surface area (TPSA) is 53.6 Å². The summed E-state index contributed by atoms with van der Waals surface area (Å²) < 4.78 is 18.1. The molecule has 1 aliphatic heterocycles. The largest absolute Gasteiger partial charge is 0.494 e. The molecule has 1 heterocycles. The second kappa shape index (κ2) is 7.21. The Balaban J connectivity index is 1.82. The summed E-state index contributed by atoms with van der Waals surface area (Å²) in [4.78, 5) is 14.2. The molecule has 0 bridgehead atoms. The number of hydrogen-bond acceptors (Lipinski definition) is 4. The smallest absolute Gasteiger partial charge is 0.251 e. The first-order valence-corrected chi connectivity index (χ1v) is 6.75. The molecule has 2 rings (SSSR count). The highest BCUT2D eigenvalue weighted by atomic mass is 19.1. The van der Waals surface area contributed by atoms with Crippen LogP contribution in [0.3, 0.4) is 0 Å². The zero-order valence-corrected chi connectivity index (χ0v) is 11.6. The highest BCUT2D eigenvalue weighted by Gasteiger charge is 2.12. The van der Waals surface area contributed by atoms with E-state index in [9.17, 15) is 9.18 Å². The molecule has 5 nitrogen and oxygen atoms in total. The van der Waals surface area contributed by atoms with Gasteiger partial charge in [0.2, 0.25) is 0 Å². The van der Waals surface area contributed by atoms with Crippen molar-refractivity contribution in [1.82, 2.24) is 15.5 Å². The Hall–Kier alpha value is -1.66. The van der Waals surface area contributed by atoms with E-state index >= 15 is 0 Å². The second-order valence-electron chi connectivity index (χ2n) is 4.70. The molecule has 1 fully saturated rings. The molecule has 0 radical (unpaired) electrons. The lowest BCUT2D eigenvalue weighted by Gasteiger charge is -2.27. The lowest BCUT2D eigenvalue weighted by molar-refractivity contribution is 0.0947. The van der Waals surface area contributed by atoms with Gasteiger partial charge in [-0.05, 0) is 18.2 Å². The van der Waals surface area contributed by atoms with Gasteiger partial charge in [-0.1, -0.05) is 0 Å². The molecule has 20 heavy (non-hydrogen) atoms. The third kappa shape index (κ3) is 3.91. The monoisotopic (exact) mass is 281 g/mol. The maximum atomic E-state index is 13.3. The van der Waals surface area contributed by atoms with Gasteiger partial charge in [0.05, 0.1) is 7.11 Å². The van der Waals surface area contributed by atoms with Gasteiger partial charge in [-0.2, -0.15) is 0 Å². The molecular formula is C14H20FN3O2. The summed E-state index contributed by atoms with van der Waals surface area (Å²) in [7, 11) is 1.38. The van der Waals surface area contributed by atoms with E-state index in [1.807, 2.05) is 0 Å². The van der Waals surface area contributed by atoms with Crippen molar-refractivity contribution in [3.63, 3.8) is 0 Å². The minimum absolute atomic E-state index is 0.0831. The van der Waals surface area contributed by atoms with Crippen LogP contribution in [0.25, 0.3) is 0 Å². The first-order chi connectivity index (χ1) is 9.70. The number of nitrogens with one attached hydrogen (secondary N) is 2. The lowest BCUT2D eigenvalue weighted by atomic mass is 10.2. The van der Waals surface area contributed by atoms with Crippen LogP contribution in [0, 0.1) is 5.82 Å². The van der Waals surface area contributed by atoms with Crippen LogP contribution in [0.1, 0.15) is 10.4 Å². The molecule has 2 N–H and O–H groups in total. The van der Waals surface area contributed by atoms with Crippen molar-refractivity contribution >= 4 is 5.91 Å². The molecule has 0 unspecified atom stereocenters. The normalized spacial score (nSPS) is 15.9. The number of amides is 1. The molecule has 0 atom stereocenters. The quantitative estimate of drug-likeness (QED) is 0.824. The average molecular weight is 281 g/mol. The predicted octanol–water partition coefficient (Wildman–Crippen LogP) is 0.469. The predicted molar refractivity (Wildman–Crippen MR) is 74.6 cm³/mol. The number of piperazine rings is 1. The van der Waals surface area contributed by atoms with Gasteiger partial charge in [0.15, 0.2) is 11.6 Å². The number of rotatable bonds is 5. The second-order valence-corrected chi connectivity index (χ2v) is 4.70. The molecule has 1 saturated heterocycles. The van der Waals surface area contributed by atoms with E-state index in [4.69, 9.17) is 4.74 Å². The number of nitrogens with zero attached hydrogens (tertiary/aromatic N) is 1. The van der Waals surface area contributed by atoms with E-state index in [2.05, 4.69) is 15.5 Å². The van der Waals surface area contributed by atoms with Crippen molar-refractivity contribution in [3.8, 4) is 5.75 Å². The summed E-state index contributed by atoms with van der Waals surface area (Å²) in [6.07, 6.45) is 0. The van der Waals surface area contributed by atoms with Gasteiger partial charge >= 0.3 is 0 Å². The van der Waals surface area contributed by atoms with Gasteiger partial charge in [-0.15, -0.1) is 0 Å². The number of halogens is 1. The zero-order chi connectivity index (χ0) is 14.4. The van der Waals surface area contributed by atoms with E-state index < -0.39 is 5.82 Å². The van der Waals surface area contributed by atoms with Crippen LogP contribution in [0.4, 0.5) is 4.39 Å². The fourth-order valence-electron chi connectivity index (χ4n) is 2.17. The van der Waals surface area contributed by atoms with Crippen molar-refractivity contribution in [2.45, 2.75) is 0 Å². The van der Waals surface area contributed by atoms with Crippen molar-refractivity contribution in [2.24, 2.45) is 0 Å². The Morgan fingerprint density at radius 3 is 2.90 bits per heavy atom. The summed E-state index contributed by atoms with van der Waals surface area (Å²) in [5.74, 6) is -0.594. The lowest BCUT2D eigenvalue weighted by Crippen LogP contribution is -2.46. The molecule has 1 amide bonds. The Kier molecular flexibility index (Phi) is 5.31. The van der Waals surface area contributed by atoms with Crippen LogP contribution in [0.2, 0.25) is 0 Å². The Bertz CT molecular complexity index is 462. The minimum Gasteiger partial charge on any atom is -0.494 e. The maximum Gasteiger partial charge on any atom is 0.251 e. The molecule has 110 valence electrons. The van der Waals surface area contributed by atoms with Gasteiger partial charge < -0.3 is 15.4 Å². The zero-order valence-electron chi connectivity index (χ0n) is 11.6. The summed E-state index contributed by atoms with van der Waals surface area (Å²) in [6, 6.07) is 4.11. The maximum absolute atomic E-state index is 13.3. The van der Waals surface area contributed by atoms with Gasteiger partial charge in [0.1, 0.15) is 0 Å². The molecule has 6 heteroatoms. The molecule has 0 saturated carbocycles. The molecule has 0 aromatic heterocycles. The number of carbonyl (C=O) groups is 1. The number of carbonyl (C=O) groups excluding carboxylic acids is 1. The molecule has 1 aliphatic rings. The van der Waals surface area contributed by atoms with Gasteiger partial charge in [0.25, 0.3) is 5.91 Å². The van der Waals surface area contributed by atoms with E-state index in [0.717, 1.165) is 32.7 Å². The third-order valence-electron chi connectivity index (χ3n) is 3.34.